The Bertz CT molecular complexity index is 315. The van der Waals surface area contributed by atoms with E-state index >= 15 is 0 Å². The fourth-order valence-electron chi connectivity index (χ4n) is 1.43. The minimum Gasteiger partial charge on any atom is -0.399 e. The number of aliphatic hydroxyl groups is 1. The molecular formula is C13H21NOS. The van der Waals surface area contributed by atoms with E-state index in [1.54, 1.807) is 0 Å². The van der Waals surface area contributed by atoms with Gasteiger partial charge in [-0.2, -0.15) is 11.8 Å². The van der Waals surface area contributed by atoms with Gasteiger partial charge in [0.25, 0.3) is 0 Å². The van der Waals surface area contributed by atoms with Crippen LogP contribution < -0.4 is 5.73 Å². The monoisotopic (exact) mass is 239 g/mol. The molecule has 0 aliphatic heterocycles. The number of hydrogen-bond acceptors (Lipinski definition) is 3. The molecule has 2 unspecified atom stereocenters. The van der Waals surface area contributed by atoms with Gasteiger partial charge in [-0.1, -0.05) is 19.1 Å². The minimum atomic E-state index is -0.225. The summed E-state index contributed by atoms with van der Waals surface area (Å²) < 4.78 is 0. The molecule has 1 aromatic carbocycles. The van der Waals surface area contributed by atoms with Crippen molar-refractivity contribution in [2.45, 2.75) is 38.0 Å². The Labute approximate surface area is 102 Å². The van der Waals surface area contributed by atoms with Crippen LogP contribution in [-0.2, 0) is 6.42 Å². The minimum absolute atomic E-state index is 0.225. The van der Waals surface area contributed by atoms with E-state index in [1.807, 2.05) is 36.9 Å². The predicted octanol–water partition coefficient (Wildman–Crippen LogP) is 2.70. The Morgan fingerprint density at radius 3 is 2.75 bits per heavy atom. The van der Waals surface area contributed by atoms with Crippen LogP contribution in [0, 0.1) is 0 Å². The molecule has 16 heavy (non-hydrogen) atoms. The van der Waals surface area contributed by atoms with E-state index in [4.69, 9.17) is 5.73 Å². The molecule has 0 amide bonds. The van der Waals surface area contributed by atoms with Crippen LogP contribution in [0.3, 0.4) is 0 Å². The average molecular weight is 239 g/mol. The molecule has 1 rings (SSSR count). The normalized spacial score (nSPS) is 14.7. The molecule has 2 nitrogen and oxygen atoms in total. The molecule has 0 bridgehead atoms. The first kappa shape index (κ1) is 13.4. The van der Waals surface area contributed by atoms with Gasteiger partial charge in [-0.15, -0.1) is 0 Å². The van der Waals surface area contributed by atoms with Crippen molar-refractivity contribution in [2.75, 3.05) is 11.5 Å². The largest absolute Gasteiger partial charge is 0.399 e. The van der Waals surface area contributed by atoms with Crippen LogP contribution in [0.1, 0.15) is 25.8 Å². The van der Waals surface area contributed by atoms with Crippen molar-refractivity contribution >= 4 is 17.4 Å². The number of aliphatic hydroxyl groups excluding tert-OH is 1. The predicted molar refractivity (Wildman–Crippen MR) is 72.8 cm³/mol. The van der Waals surface area contributed by atoms with Gasteiger partial charge in [0.05, 0.1) is 6.10 Å². The van der Waals surface area contributed by atoms with E-state index in [2.05, 4.69) is 13.0 Å². The first-order valence-electron chi connectivity index (χ1n) is 5.73. The summed E-state index contributed by atoms with van der Waals surface area (Å²) in [5, 5.41) is 9.66. The fourth-order valence-corrected chi connectivity index (χ4v) is 2.39. The molecule has 0 aliphatic carbocycles. The lowest BCUT2D eigenvalue weighted by molar-refractivity contribution is 0.196. The van der Waals surface area contributed by atoms with E-state index in [0.29, 0.717) is 5.25 Å². The highest BCUT2D eigenvalue weighted by atomic mass is 32.2. The standard InChI is InChI=1S/C13H21NOS/c1-10(15)11(2)16-8-4-6-12-5-3-7-13(14)9-12/h3,5,7,9-11,15H,4,6,8,14H2,1-2H3. The Balaban J connectivity index is 2.21. The van der Waals surface area contributed by atoms with Gasteiger partial charge in [0.15, 0.2) is 0 Å². The van der Waals surface area contributed by atoms with Crippen LogP contribution >= 0.6 is 11.8 Å². The Hall–Kier alpha value is -0.670. The molecule has 0 fully saturated rings. The molecule has 0 radical (unpaired) electrons. The number of hydrogen-bond donors (Lipinski definition) is 2. The number of aryl methyl sites for hydroxylation is 1. The lowest BCUT2D eigenvalue weighted by Crippen LogP contribution is -2.15. The van der Waals surface area contributed by atoms with E-state index in [1.165, 1.54) is 5.56 Å². The zero-order valence-corrected chi connectivity index (χ0v) is 10.8. The molecular weight excluding hydrogens is 218 g/mol. The molecule has 0 aromatic heterocycles. The summed E-state index contributed by atoms with van der Waals surface area (Å²) in [5.74, 6) is 1.08. The Morgan fingerprint density at radius 1 is 1.38 bits per heavy atom. The topological polar surface area (TPSA) is 46.2 Å². The van der Waals surface area contributed by atoms with Gasteiger partial charge >= 0.3 is 0 Å². The molecule has 0 heterocycles. The van der Waals surface area contributed by atoms with Gasteiger partial charge in [-0.05, 0) is 43.2 Å². The summed E-state index contributed by atoms with van der Waals surface area (Å²) in [5.41, 5.74) is 7.84. The third-order valence-corrected chi connectivity index (χ3v) is 4.06. The summed E-state index contributed by atoms with van der Waals surface area (Å²) in [4.78, 5) is 0. The van der Waals surface area contributed by atoms with Gasteiger partial charge < -0.3 is 10.8 Å². The first-order valence-corrected chi connectivity index (χ1v) is 6.78. The van der Waals surface area contributed by atoms with Crippen molar-refractivity contribution in [3.05, 3.63) is 29.8 Å². The molecule has 0 saturated heterocycles. The van der Waals surface area contributed by atoms with Crippen LogP contribution in [-0.4, -0.2) is 22.2 Å². The second-order valence-corrected chi connectivity index (χ2v) is 5.65. The maximum atomic E-state index is 9.34. The summed E-state index contributed by atoms with van der Waals surface area (Å²) in [6.45, 7) is 3.91. The highest BCUT2D eigenvalue weighted by Gasteiger charge is 2.08. The zero-order chi connectivity index (χ0) is 12.0. The summed E-state index contributed by atoms with van der Waals surface area (Å²) in [6, 6.07) is 8.05. The van der Waals surface area contributed by atoms with Gasteiger partial charge in [0.2, 0.25) is 0 Å². The van der Waals surface area contributed by atoms with Crippen molar-refractivity contribution < 1.29 is 5.11 Å². The molecule has 3 heteroatoms. The Morgan fingerprint density at radius 2 is 2.12 bits per heavy atom. The first-order chi connectivity index (χ1) is 7.59. The second kappa shape index (κ2) is 6.81. The lowest BCUT2D eigenvalue weighted by atomic mass is 10.1. The maximum Gasteiger partial charge on any atom is 0.0627 e. The summed E-state index contributed by atoms with van der Waals surface area (Å²) in [7, 11) is 0. The number of benzene rings is 1. The van der Waals surface area contributed by atoms with Crippen molar-refractivity contribution in [2.24, 2.45) is 0 Å². The molecule has 0 spiro atoms. The van der Waals surface area contributed by atoms with Crippen molar-refractivity contribution in [3.8, 4) is 0 Å². The van der Waals surface area contributed by atoms with Crippen LogP contribution in [0.4, 0.5) is 5.69 Å². The number of anilines is 1. The lowest BCUT2D eigenvalue weighted by Gasteiger charge is -2.13. The molecule has 2 atom stereocenters. The van der Waals surface area contributed by atoms with Gasteiger partial charge in [-0.25, -0.2) is 0 Å². The maximum absolute atomic E-state index is 9.34. The second-order valence-electron chi connectivity index (χ2n) is 4.17. The number of nitrogens with two attached hydrogens (primary N) is 1. The van der Waals surface area contributed by atoms with E-state index < -0.39 is 0 Å². The molecule has 3 N–H and O–H groups in total. The highest BCUT2D eigenvalue weighted by Crippen LogP contribution is 2.17. The Kier molecular flexibility index (Phi) is 5.71. The fraction of sp³-hybridized carbons (Fsp3) is 0.538. The molecule has 0 aliphatic rings. The van der Waals surface area contributed by atoms with Crippen molar-refractivity contribution in [1.82, 2.24) is 0 Å². The third-order valence-electron chi connectivity index (χ3n) is 2.62. The van der Waals surface area contributed by atoms with Crippen LogP contribution in [0.2, 0.25) is 0 Å². The van der Waals surface area contributed by atoms with Gasteiger partial charge in [0.1, 0.15) is 0 Å². The number of thioether (sulfide) groups is 1. The van der Waals surface area contributed by atoms with Crippen LogP contribution in [0.15, 0.2) is 24.3 Å². The van der Waals surface area contributed by atoms with Gasteiger partial charge in [0, 0.05) is 10.9 Å². The van der Waals surface area contributed by atoms with Crippen molar-refractivity contribution in [1.29, 1.82) is 0 Å². The molecule has 0 saturated carbocycles. The van der Waals surface area contributed by atoms with E-state index in [-0.39, 0.29) is 6.10 Å². The summed E-state index contributed by atoms with van der Waals surface area (Å²) in [6.07, 6.45) is 1.97. The van der Waals surface area contributed by atoms with Crippen LogP contribution in [0.5, 0.6) is 0 Å². The summed E-state index contributed by atoms with van der Waals surface area (Å²) >= 11 is 1.83. The van der Waals surface area contributed by atoms with E-state index in [0.717, 1.165) is 24.3 Å². The van der Waals surface area contributed by atoms with E-state index in [9.17, 15) is 5.11 Å². The third kappa shape index (κ3) is 4.90. The highest BCUT2D eigenvalue weighted by molar-refractivity contribution is 7.99. The zero-order valence-electron chi connectivity index (χ0n) is 10.0. The smallest absolute Gasteiger partial charge is 0.0627 e. The van der Waals surface area contributed by atoms with Gasteiger partial charge in [-0.3, -0.25) is 0 Å². The number of nitrogen functional groups attached to an aromatic ring is 1. The average Bonchev–Trinajstić information content (AvgIpc) is 2.24. The SMILES string of the molecule is CC(O)C(C)SCCCc1cccc(N)c1. The molecule has 90 valence electrons. The molecule has 1 aromatic rings. The van der Waals surface area contributed by atoms with Crippen molar-refractivity contribution in [3.63, 3.8) is 0 Å². The number of rotatable bonds is 6. The van der Waals surface area contributed by atoms with Crippen LogP contribution in [0.25, 0.3) is 0 Å². The quantitative estimate of drug-likeness (QED) is 0.592.